The third-order valence-corrected chi connectivity index (χ3v) is 3.85. The van der Waals surface area contributed by atoms with Gasteiger partial charge in [-0.1, -0.05) is 11.6 Å². The number of halogens is 1. The molecule has 4 nitrogen and oxygen atoms in total. The Morgan fingerprint density at radius 1 is 1.33 bits per heavy atom. The predicted molar refractivity (Wildman–Crippen MR) is 70.0 cm³/mol. The minimum absolute atomic E-state index is 0.00294. The molecule has 2 atom stereocenters. The van der Waals surface area contributed by atoms with E-state index in [-0.39, 0.29) is 12.2 Å². The topological polar surface area (TPSA) is 41.6 Å². The lowest BCUT2D eigenvalue weighted by molar-refractivity contribution is 0.111. The Morgan fingerprint density at radius 3 is 2.78 bits per heavy atom. The average Bonchev–Trinajstić information content (AvgIpc) is 2.99. The van der Waals surface area contributed by atoms with Crippen LogP contribution in [0.3, 0.4) is 0 Å². The van der Waals surface area contributed by atoms with Crippen molar-refractivity contribution < 1.29 is 9.53 Å². The van der Waals surface area contributed by atoms with E-state index in [4.69, 9.17) is 16.3 Å². The number of rotatable bonds is 2. The summed E-state index contributed by atoms with van der Waals surface area (Å²) in [4.78, 5) is 13.6. The molecule has 18 heavy (non-hydrogen) atoms. The first-order valence-corrected chi connectivity index (χ1v) is 6.56. The van der Waals surface area contributed by atoms with Gasteiger partial charge in [0.2, 0.25) is 0 Å². The van der Waals surface area contributed by atoms with Crippen LogP contribution in [0.4, 0.5) is 10.5 Å². The van der Waals surface area contributed by atoms with Gasteiger partial charge in [0.1, 0.15) is 6.10 Å². The number of hydrogen-bond donors (Lipinski definition) is 1. The summed E-state index contributed by atoms with van der Waals surface area (Å²) in [5, 5.41) is 3.97. The number of nitrogens with one attached hydrogen (secondary N) is 1. The molecule has 1 aromatic rings. The largest absolute Gasteiger partial charge is 0.444 e. The van der Waals surface area contributed by atoms with E-state index >= 15 is 0 Å². The van der Waals surface area contributed by atoms with Crippen LogP contribution in [-0.2, 0) is 4.74 Å². The van der Waals surface area contributed by atoms with Crippen molar-refractivity contribution in [1.82, 2.24) is 5.32 Å². The average molecular weight is 267 g/mol. The lowest BCUT2D eigenvalue weighted by atomic mass is 10.0. The van der Waals surface area contributed by atoms with E-state index in [0.29, 0.717) is 17.5 Å². The van der Waals surface area contributed by atoms with Crippen molar-refractivity contribution in [1.29, 1.82) is 0 Å². The van der Waals surface area contributed by atoms with E-state index < -0.39 is 0 Å². The summed E-state index contributed by atoms with van der Waals surface area (Å²) in [6, 6.07) is 7.26. The van der Waals surface area contributed by atoms with Crippen LogP contribution in [0.15, 0.2) is 24.3 Å². The Hall–Kier alpha value is -1.26. The van der Waals surface area contributed by atoms with Crippen LogP contribution in [0, 0.1) is 5.92 Å². The molecule has 0 aliphatic carbocycles. The summed E-state index contributed by atoms with van der Waals surface area (Å²) in [6.45, 7) is 2.58. The highest BCUT2D eigenvalue weighted by Crippen LogP contribution is 2.28. The van der Waals surface area contributed by atoms with Crippen LogP contribution in [-0.4, -0.2) is 31.8 Å². The fourth-order valence-electron chi connectivity index (χ4n) is 2.56. The molecular formula is C13H15ClN2O2. The lowest BCUT2D eigenvalue weighted by Gasteiger charge is -2.15. The molecule has 2 unspecified atom stereocenters. The summed E-state index contributed by atoms with van der Waals surface area (Å²) >= 11 is 5.84. The van der Waals surface area contributed by atoms with Gasteiger partial charge in [-0.2, -0.15) is 0 Å². The van der Waals surface area contributed by atoms with Gasteiger partial charge >= 0.3 is 6.09 Å². The number of hydrogen-bond acceptors (Lipinski definition) is 3. The van der Waals surface area contributed by atoms with Crippen molar-refractivity contribution >= 4 is 23.4 Å². The number of carbonyl (C=O) groups is 1. The second-order valence-electron chi connectivity index (χ2n) is 4.76. The fourth-order valence-corrected chi connectivity index (χ4v) is 2.68. The summed E-state index contributed by atoms with van der Waals surface area (Å²) in [5.41, 5.74) is 0.845. The Kier molecular flexibility index (Phi) is 3.14. The molecule has 0 radical (unpaired) electrons. The summed E-state index contributed by atoms with van der Waals surface area (Å²) in [6.07, 6.45) is 0.823. The molecule has 2 fully saturated rings. The maximum Gasteiger partial charge on any atom is 0.414 e. The molecule has 2 saturated heterocycles. The molecule has 1 amide bonds. The number of amides is 1. The molecule has 5 heteroatoms. The molecule has 0 bridgehead atoms. The van der Waals surface area contributed by atoms with E-state index in [1.807, 2.05) is 12.1 Å². The highest BCUT2D eigenvalue weighted by molar-refractivity contribution is 6.30. The molecule has 2 heterocycles. The van der Waals surface area contributed by atoms with Gasteiger partial charge in [0.15, 0.2) is 0 Å². The molecule has 2 aliphatic rings. The van der Waals surface area contributed by atoms with Crippen LogP contribution < -0.4 is 10.2 Å². The van der Waals surface area contributed by atoms with Gasteiger partial charge in [-0.3, -0.25) is 4.90 Å². The highest BCUT2D eigenvalue weighted by Gasteiger charge is 2.38. The zero-order valence-corrected chi connectivity index (χ0v) is 10.7. The second kappa shape index (κ2) is 4.78. The van der Waals surface area contributed by atoms with Gasteiger partial charge in [0.25, 0.3) is 0 Å². The van der Waals surface area contributed by atoms with Crippen LogP contribution in [0.5, 0.6) is 0 Å². The van der Waals surface area contributed by atoms with Crippen LogP contribution >= 0.6 is 11.6 Å². The highest BCUT2D eigenvalue weighted by atomic mass is 35.5. The summed E-state index contributed by atoms with van der Waals surface area (Å²) in [7, 11) is 0. The molecule has 0 aromatic heterocycles. The van der Waals surface area contributed by atoms with E-state index in [0.717, 1.165) is 25.2 Å². The van der Waals surface area contributed by atoms with Crippen LogP contribution in [0.2, 0.25) is 5.02 Å². The van der Waals surface area contributed by atoms with E-state index in [9.17, 15) is 4.79 Å². The number of cyclic esters (lactones) is 1. The Morgan fingerprint density at radius 2 is 2.11 bits per heavy atom. The standard InChI is InChI=1S/C13H15ClN2O2/c14-10-1-3-11(4-2-10)16-8-12(18-13(16)17)9-5-6-15-7-9/h1-4,9,12,15H,5-8H2. The monoisotopic (exact) mass is 266 g/mol. The molecule has 96 valence electrons. The Balaban J connectivity index is 1.74. The number of ether oxygens (including phenoxy) is 1. The van der Waals surface area contributed by atoms with Gasteiger partial charge in [-0.15, -0.1) is 0 Å². The Labute approximate surface area is 111 Å². The summed E-state index contributed by atoms with van der Waals surface area (Å²) in [5.74, 6) is 0.436. The molecule has 0 spiro atoms. The molecule has 1 aromatic carbocycles. The van der Waals surface area contributed by atoms with Crippen molar-refractivity contribution in [2.45, 2.75) is 12.5 Å². The first kappa shape index (κ1) is 11.8. The number of nitrogens with zero attached hydrogens (tertiary/aromatic N) is 1. The minimum atomic E-state index is -0.255. The summed E-state index contributed by atoms with van der Waals surface area (Å²) < 4.78 is 5.46. The SMILES string of the molecule is O=C1OC(C2CCNC2)CN1c1ccc(Cl)cc1. The van der Waals surface area contributed by atoms with Gasteiger partial charge < -0.3 is 10.1 Å². The van der Waals surface area contributed by atoms with E-state index in [2.05, 4.69) is 5.32 Å². The van der Waals surface area contributed by atoms with E-state index in [1.165, 1.54) is 0 Å². The third-order valence-electron chi connectivity index (χ3n) is 3.60. The first-order chi connectivity index (χ1) is 8.74. The molecule has 2 aliphatic heterocycles. The van der Waals surface area contributed by atoms with Gasteiger partial charge in [-0.05, 0) is 37.2 Å². The number of carbonyl (C=O) groups excluding carboxylic acids is 1. The first-order valence-electron chi connectivity index (χ1n) is 6.18. The minimum Gasteiger partial charge on any atom is -0.444 e. The zero-order chi connectivity index (χ0) is 12.5. The maximum absolute atomic E-state index is 11.9. The number of benzene rings is 1. The van der Waals surface area contributed by atoms with Gasteiger partial charge in [-0.25, -0.2) is 4.79 Å². The normalized spacial score (nSPS) is 27.6. The molecule has 1 N–H and O–H groups in total. The molecule has 0 saturated carbocycles. The van der Waals surface area contributed by atoms with Crippen LogP contribution in [0.25, 0.3) is 0 Å². The quantitative estimate of drug-likeness (QED) is 0.893. The van der Waals surface area contributed by atoms with Crippen molar-refractivity contribution in [3.8, 4) is 0 Å². The van der Waals surface area contributed by atoms with Crippen molar-refractivity contribution in [3.63, 3.8) is 0 Å². The van der Waals surface area contributed by atoms with Crippen LogP contribution in [0.1, 0.15) is 6.42 Å². The van der Waals surface area contributed by atoms with Crippen molar-refractivity contribution in [2.24, 2.45) is 5.92 Å². The zero-order valence-electron chi connectivity index (χ0n) is 9.93. The Bertz CT molecular complexity index is 443. The smallest absolute Gasteiger partial charge is 0.414 e. The maximum atomic E-state index is 11.9. The van der Waals surface area contributed by atoms with Gasteiger partial charge in [0.05, 0.1) is 6.54 Å². The predicted octanol–water partition coefficient (Wildman–Crippen LogP) is 2.27. The molecule has 3 rings (SSSR count). The van der Waals surface area contributed by atoms with Crippen molar-refractivity contribution in [3.05, 3.63) is 29.3 Å². The van der Waals surface area contributed by atoms with Crippen molar-refractivity contribution in [2.75, 3.05) is 24.5 Å². The number of anilines is 1. The lowest BCUT2D eigenvalue weighted by Crippen LogP contribution is -2.28. The second-order valence-corrected chi connectivity index (χ2v) is 5.20. The fraction of sp³-hybridized carbons (Fsp3) is 0.462. The molecular weight excluding hydrogens is 252 g/mol. The van der Waals surface area contributed by atoms with Gasteiger partial charge in [0, 0.05) is 23.2 Å². The third kappa shape index (κ3) is 2.18. The van der Waals surface area contributed by atoms with E-state index in [1.54, 1.807) is 17.0 Å².